The van der Waals surface area contributed by atoms with Gasteiger partial charge in [0.05, 0.1) is 0 Å². The van der Waals surface area contributed by atoms with E-state index in [1.807, 2.05) is 12.4 Å². The van der Waals surface area contributed by atoms with Crippen LogP contribution in [0.2, 0.25) is 0 Å². The average molecular weight is 314 g/mol. The number of hydrogen-bond donors (Lipinski definition) is 1. The third-order valence-electron chi connectivity index (χ3n) is 3.90. The van der Waals surface area contributed by atoms with E-state index < -0.39 is 0 Å². The van der Waals surface area contributed by atoms with Crippen LogP contribution in [0.1, 0.15) is 57.1 Å². The first-order chi connectivity index (χ1) is 10.7. The van der Waals surface area contributed by atoms with Crippen LogP contribution in [0.3, 0.4) is 0 Å². The van der Waals surface area contributed by atoms with Crippen LogP contribution in [-0.4, -0.2) is 9.97 Å². The van der Waals surface area contributed by atoms with Gasteiger partial charge < -0.3 is 0 Å². The lowest BCUT2D eigenvalue weighted by atomic mass is 10.1. The molecule has 0 amide bonds. The van der Waals surface area contributed by atoms with Crippen molar-refractivity contribution in [2.75, 3.05) is 0 Å². The molecule has 1 aromatic carbocycles. The molecule has 0 bridgehead atoms. The van der Waals surface area contributed by atoms with Gasteiger partial charge in [-0.2, -0.15) is 0 Å². The first-order valence-electron chi connectivity index (χ1n) is 8.37. The highest BCUT2D eigenvalue weighted by molar-refractivity contribution is 7.80. The molecule has 118 valence electrons. The quantitative estimate of drug-likeness (QED) is 0.513. The molecule has 0 spiro atoms. The molecule has 0 aliphatic carbocycles. The van der Waals surface area contributed by atoms with Crippen LogP contribution in [0.25, 0.3) is 11.4 Å². The minimum absolute atomic E-state index is 0.770. The van der Waals surface area contributed by atoms with Crippen LogP contribution in [0.15, 0.2) is 35.5 Å². The van der Waals surface area contributed by atoms with Crippen molar-refractivity contribution in [3.05, 3.63) is 41.7 Å². The van der Waals surface area contributed by atoms with Gasteiger partial charge in [-0.05, 0) is 48.9 Å². The molecule has 1 heterocycles. The van der Waals surface area contributed by atoms with Crippen molar-refractivity contribution in [1.29, 1.82) is 0 Å². The van der Waals surface area contributed by atoms with Crippen molar-refractivity contribution < 1.29 is 0 Å². The lowest BCUT2D eigenvalue weighted by Crippen LogP contribution is -1.95. The third kappa shape index (κ3) is 4.84. The number of benzene rings is 1. The SMILES string of the molecule is CCCCCc1cnc(-c2ccc(CCCC)cc2S)nc1. The van der Waals surface area contributed by atoms with Crippen LogP contribution < -0.4 is 0 Å². The maximum absolute atomic E-state index is 4.62. The summed E-state index contributed by atoms with van der Waals surface area (Å²) in [4.78, 5) is 10.0. The molecule has 0 N–H and O–H groups in total. The zero-order valence-corrected chi connectivity index (χ0v) is 14.6. The molecule has 22 heavy (non-hydrogen) atoms. The predicted octanol–water partition coefficient (Wildman–Crippen LogP) is 5.51. The highest BCUT2D eigenvalue weighted by Crippen LogP contribution is 2.25. The largest absolute Gasteiger partial charge is 0.236 e. The topological polar surface area (TPSA) is 25.8 Å². The van der Waals surface area contributed by atoms with Crippen LogP contribution in [-0.2, 0) is 12.8 Å². The summed E-state index contributed by atoms with van der Waals surface area (Å²) in [6, 6.07) is 6.41. The van der Waals surface area contributed by atoms with Crippen LogP contribution in [0.4, 0.5) is 0 Å². The molecule has 0 saturated heterocycles. The first kappa shape index (κ1) is 17.0. The Morgan fingerprint density at radius 3 is 2.18 bits per heavy atom. The zero-order chi connectivity index (χ0) is 15.8. The van der Waals surface area contributed by atoms with Gasteiger partial charge in [0, 0.05) is 22.9 Å². The molecule has 3 heteroatoms. The van der Waals surface area contributed by atoms with E-state index in [0.717, 1.165) is 29.1 Å². The Balaban J connectivity index is 2.07. The molecule has 2 aromatic rings. The monoisotopic (exact) mass is 314 g/mol. The van der Waals surface area contributed by atoms with Gasteiger partial charge >= 0.3 is 0 Å². The summed E-state index contributed by atoms with van der Waals surface area (Å²) in [7, 11) is 0. The molecular weight excluding hydrogens is 288 g/mol. The summed E-state index contributed by atoms with van der Waals surface area (Å²) < 4.78 is 0. The highest BCUT2D eigenvalue weighted by Gasteiger charge is 2.07. The Kier molecular flexibility index (Phi) is 6.91. The summed E-state index contributed by atoms with van der Waals surface area (Å²) in [5, 5.41) is 0. The van der Waals surface area contributed by atoms with Crippen LogP contribution in [0.5, 0.6) is 0 Å². The van der Waals surface area contributed by atoms with Crippen molar-refractivity contribution in [1.82, 2.24) is 9.97 Å². The van der Waals surface area contributed by atoms with Gasteiger partial charge in [0.25, 0.3) is 0 Å². The van der Waals surface area contributed by atoms with Gasteiger partial charge in [-0.15, -0.1) is 12.6 Å². The molecule has 2 nitrogen and oxygen atoms in total. The Morgan fingerprint density at radius 1 is 0.864 bits per heavy atom. The van der Waals surface area contributed by atoms with E-state index in [1.54, 1.807) is 0 Å². The fourth-order valence-corrected chi connectivity index (χ4v) is 2.85. The molecule has 0 radical (unpaired) electrons. The number of rotatable bonds is 8. The van der Waals surface area contributed by atoms with E-state index in [4.69, 9.17) is 0 Å². The summed E-state index contributed by atoms with van der Waals surface area (Å²) in [5.74, 6) is 0.770. The molecule has 0 atom stereocenters. The predicted molar refractivity (Wildman–Crippen MR) is 96.6 cm³/mol. The molecule has 0 unspecified atom stereocenters. The number of unbranched alkanes of at least 4 members (excludes halogenated alkanes) is 3. The normalized spacial score (nSPS) is 10.9. The smallest absolute Gasteiger partial charge is 0.160 e. The molecule has 0 saturated carbocycles. The van der Waals surface area contributed by atoms with Crippen molar-refractivity contribution in [3.8, 4) is 11.4 Å². The van der Waals surface area contributed by atoms with E-state index >= 15 is 0 Å². The highest BCUT2D eigenvalue weighted by atomic mass is 32.1. The van der Waals surface area contributed by atoms with Gasteiger partial charge in [-0.25, -0.2) is 9.97 Å². The van der Waals surface area contributed by atoms with Gasteiger partial charge in [0.2, 0.25) is 0 Å². The maximum Gasteiger partial charge on any atom is 0.160 e. The van der Waals surface area contributed by atoms with Crippen molar-refractivity contribution in [2.45, 2.75) is 63.7 Å². The van der Waals surface area contributed by atoms with Gasteiger partial charge in [-0.3, -0.25) is 0 Å². The van der Waals surface area contributed by atoms with Gasteiger partial charge in [0.1, 0.15) is 0 Å². The maximum atomic E-state index is 4.62. The summed E-state index contributed by atoms with van der Waals surface area (Å²) >= 11 is 4.62. The summed E-state index contributed by atoms with van der Waals surface area (Å²) in [6.07, 6.45) is 12.2. The van der Waals surface area contributed by atoms with Gasteiger partial charge in [0.15, 0.2) is 5.82 Å². The summed E-state index contributed by atoms with van der Waals surface area (Å²) in [5.41, 5.74) is 3.58. The lowest BCUT2D eigenvalue weighted by molar-refractivity contribution is 0.714. The molecular formula is C19H26N2S. The average Bonchev–Trinajstić information content (AvgIpc) is 2.54. The van der Waals surface area contributed by atoms with Crippen molar-refractivity contribution >= 4 is 12.6 Å². The van der Waals surface area contributed by atoms with E-state index in [1.165, 1.54) is 43.2 Å². The van der Waals surface area contributed by atoms with E-state index in [0.29, 0.717) is 0 Å². The first-order valence-corrected chi connectivity index (χ1v) is 8.82. The Bertz CT molecular complexity index is 578. The molecule has 2 rings (SSSR count). The molecule has 0 fully saturated rings. The fourth-order valence-electron chi connectivity index (χ4n) is 2.50. The second-order valence-corrected chi connectivity index (χ2v) is 6.31. The van der Waals surface area contributed by atoms with Gasteiger partial charge in [-0.1, -0.05) is 39.2 Å². The molecule has 0 aliphatic rings. The van der Waals surface area contributed by atoms with E-state index in [-0.39, 0.29) is 0 Å². The number of hydrogen-bond acceptors (Lipinski definition) is 3. The Labute approximate surface area is 139 Å². The van der Waals surface area contributed by atoms with E-state index in [9.17, 15) is 0 Å². The second kappa shape index (κ2) is 8.94. The second-order valence-electron chi connectivity index (χ2n) is 5.83. The number of thiol groups is 1. The van der Waals surface area contributed by atoms with Crippen molar-refractivity contribution in [2.24, 2.45) is 0 Å². The fraction of sp³-hybridized carbons (Fsp3) is 0.474. The minimum Gasteiger partial charge on any atom is -0.236 e. The van der Waals surface area contributed by atoms with Crippen LogP contribution in [0, 0.1) is 0 Å². The summed E-state index contributed by atoms with van der Waals surface area (Å²) in [6.45, 7) is 4.43. The van der Waals surface area contributed by atoms with E-state index in [2.05, 4.69) is 54.6 Å². The molecule has 0 aliphatic heterocycles. The number of aryl methyl sites for hydroxylation is 2. The number of nitrogens with zero attached hydrogens (tertiary/aromatic N) is 2. The number of aromatic nitrogens is 2. The molecule has 1 aromatic heterocycles. The Hall–Kier alpha value is -1.35. The lowest BCUT2D eigenvalue weighted by Gasteiger charge is -2.07. The Morgan fingerprint density at radius 2 is 1.55 bits per heavy atom. The third-order valence-corrected chi connectivity index (χ3v) is 4.27. The standard InChI is InChI=1S/C19H26N2S/c1-3-5-7-9-16-13-20-19(21-14-16)17-11-10-15(8-6-4-2)12-18(17)22/h10-14,22H,3-9H2,1-2H3. The van der Waals surface area contributed by atoms with Crippen LogP contribution >= 0.6 is 12.6 Å². The zero-order valence-electron chi connectivity index (χ0n) is 13.7. The van der Waals surface area contributed by atoms with Crippen molar-refractivity contribution in [3.63, 3.8) is 0 Å². The minimum atomic E-state index is 0.770.